The van der Waals surface area contributed by atoms with Crippen molar-refractivity contribution in [2.45, 2.75) is 18.6 Å². The number of thioether (sulfide) groups is 1. The second-order valence-corrected chi connectivity index (χ2v) is 7.28. The Bertz CT molecular complexity index is 878. The van der Waals surface area contributed by atoms with Gasteiger partial charge in [-0.1, -0.05) is 60.3 Å². The highest BCUT2D eigenvalue weighted by Gasteiger charge is 2.37. The number of benzene rings is 2. The summed E-state index contributed by atoms with van der Waals surface area (Å²) in [6.07, 6.45) is 2.31. The lowest BCUT2D eigenvalue weighted by atomic mass is 10.1. The number of rotatable bonds is 6. The maximum absolute atomic E-state index is 13.1. The quantitative estimate of drug-likeness (QED) is 0.426. The van der Waals surface area contributed by atoms with Gasteiger partial charge in [-0.3, -0.25) is 9.69 Å². The third-order valence-corrected chi connectivity index (χ3v) is 5.31. The molecular weight excluding hydrogens is 361 g/mol. The predicted octanol–water partition coefficient (Wildman–Crippen LogP) is 4.28. The largest absolute Gasteiger partial charge is 0.285 e. The summed E-state index contributed by atoms with van der Waals surface area (Å²) >= 11 is 1.41. The van der Waals surface area contributed by atoms with Crippen molar-refractivity contribution < 1.29 is 9.18 Å². The van der Waals surface area contributed by atoms with Gasteiger partial charge in [0.2, 0.25) is 5.91 Å². The molecule has 2 aromatic rings. The molecule has 27 heavy (non-hydrogen) atoms. The van der Waals surface area contributed by atoms with E-state index in [9.17, 15) is 9.18 Å². The van der Waals surface area contributed by atoms with Crippen molar-refractivity contribution in [1.29, 1.82) is 0 Å². The Kier molecular flexibility index (Phi) is 6.19. The van der Waals surface area contributed by atoms with Gasteiger partial charge in [0, 0.05) is 6.54 Å². The minimum Gasteiger partial charge on any atom is -0.285 e. The minimum atomic E-state index is -0.296. The van der Waals surface area contributed by atoms with Gasteiger partial charge in [-0.05, 0) is 36.6 Å². The van der Waals surface area contributed by atoms with Crippen molar-refractivity contribution in [3.05, 3.63) is 84.2 Å². The van der Waals surface area contributed by atoms with Crippen molar-refractivity contribution >= 4 is 28.5 Å². The topological polar surface area (TPSA) is 45.0 Å². The van der Waals surface area contributed by atoms with Crippen LogP contribution in [0.25, 0.3) is 0 Å². The number of nitrogens with zero attached hydrogens (tertiary/aromatic N) is 3. The van der Waals surface area contributed by atoms with Gasteiger partial charge in [0.25, 0.3) is 0 Å². The summed E-state index contributed by atoms with van der Waals surface area (Å²) in [6, 6.07) is 16.0. The maximum atomic E-state index is 13.1. The molecule has 1 fully saturated rings. The van der Waals surface area contributed by atoms with Crippen molar-refractivity contribution in [3.8, 4) is 0 Å². The highest BCUT2D eigenvalue weighted by Crippen LogP contribution is 2.30. The van der Waals surface area contributed by atoms with Crippen molar-refractivity contribution in [2.24, 2.45) is 10.2 Å². The van der Waals surface area contributed by atoms with Gasteiger partial charge in [0.05, 0.1) is 11.0 Å². The lowest BCUT2D eigenvalue weighted by Crippen LogP contribution is -2.32. The van der Waals surface area contributed by atoms with Crippen LogP contribution < -0.4 is 0 Å². The first-order valence-electron chi connectivity index (χ1n) is 8.59. The zero-order valence-corrected chi connectivity index (χ0v) is 15.8. The maximum Gasteiger partial charge on any atom is 0.242 e. The van der Waals surface area contributed by atoms with E-state index in [1.54, 1.807) is 30.0 Å². The van der Waals surface area contributed by atoms with Crippen molar-refractivity contribution in [3.63, 3.8) is 0 Å². The van der Waals surface area contributed by atoms with Crippen LogP contribution in [0.2, 0.25) is 0 Å². The molecule has 1 saturated heterocycles. The molecule has 0 N–H and O–H groups in total. The molecule has 0 spiro atoms. The molecule has 1 aliphatic rings. The summed E-state index contributed by atoms with van der Waals surface area (Å²) in [6.45, 7) is 5.92. The van der Waals surface area contributed by atoms with Gasteiger partial charge >= 0.3 is 0 Å². The van der Waals surface area contributed by atoms with E-state index in [4.69, 9.17) is 0 Å². The first kappa shape index (κ1) is 19.0. The van der Waals surface area contributed by atoms with Crippen LogP contribution in [0.5, 0.6) is 0 Å². The first-order chi connectivity index (χ1) is 13.1. The average Bonchev–Trinajstić information content (AvgIpc) is 2.97. The normalized spacial score (nSPS) is 19.0. The van der Waals surface area contributed by atoms with Gasteiger partial charge < -0.3 is 0 Å². The zero-order valence-electron chi connectivity index (χ0n) is 15.0. The van der Waals surface area contributed by atoms with Crippen molar-refractivity contribution in [1.82, 2.24) is 4.90 Å². The van der Waals surface area contributed by atoms with Gasteiger partial charge in [-0.25, -0.2) is 4.39 Å². The van der Waals surface area contributed by atoms with Crippen LogP contribution in [-0.4, -0.2) is 33.5 Å². The van der Waals surface area contributed by atoms with Gasteiger partial charge in [-0.2, -0.15) is 5.10 Å². The molecule has 0 unspecified atom stereocenters. The van der Waals surface area contributed by atoms with Crippen LogP contribution in [0, 0.1) is 5.82 Å². The van der Waals surface area contributed by atoms with Gasteiger partial charge in [-0.15, -0.1) is 11.7 Å². The number of amidine groups is 1. The van der Waals surface area contributed by atoms with E-state index in [0.717, 1.165) is 11.1 Å². The third kappa shape index (κ3) is 4.71. The van der Waals surface area contributed by atoms with E-state index >= 15 is 0 Å². The highest BCUT2D eigenvalue weighted by atomic mass is 32.2. The molecule has 2 aromatic carbocycles. The van der Waals surface area contributed by atoms with Crippen LogP contribution in [0.15, 0.2) is 77.5 Å². The fourth-order valence-electron chi connectivity index (χ4n) is 2.71. The lowest BCUT2D eigenvalue weighted by molar-refractivity contribution is -0.125. The molecule has 6 heteroatoms. The molecule has 3 rings (SSSR count). The lowest BCUT2D eigenvalue weighted by Gasteiger charge is -2.13. The van der Waals surface area contributed by atoms with E-state index in [1.165, 1.54) is 23.9 Å². The second-order valence-electron chi connectivity index (χ2n) is 6.11. The summed E-state index contributed by atoms with van der Waals surface area (Å²) in [5.41, 5.74) is 2.54. The summed E-state index contributed by atoms with van der Waals surface area (Å²) in [5.74, 6) is -0.284. The zero-order chi connectivity index (χ0) is 19.2. The van der Waals surface area contributed by atoms with E-state index in [0.29, 0.717) is 23.8 Å². The Morgan fingerprint density at radius 1 is 1.22 bits per heavy atom. The SMILES string of the molecule is C=CCN1C(=O)[C@@H](Cc2ccccc2)S/C1=N\N=C(\C)c1ccc(F)cc1. The van der Waals surface area contributed by atoms with E-state index in [1.807, 2.05) is 30.3 Å². The fraction of sp³-hybridized carbons (Fsp3) is 0.190. The fourth-order valence-corrected chi connectivity index (χ4v) is 3.85. The molecule has 4 nitrogen and oxygen atoms in total. The summed E-state index contributed by atoms with van der Waals surface area (Å²) < 4.78 is 13.1. The molecule has 1 heterocycles. The summed E-state index contributed by atoms with van der Waals surface area (Å²) in [5, 5.41) is 8.87. The predicted molar refractivity (Wildman–Crippen MR) is 109 cm³/mol. The second kappa shape index (κ2) is 8.77. The molecule has 1 aliphatic heterocycles. The smallest absolute Gasteiger partial charge is 0.242 e. The number of amides is 1. The van der Waals surface area contributed by atoms with Crippen LogP contribution >= 0.6 is 11.8 Å². The Balaban J connectivity index is 1.80. The van der Waals surface area contributed by atoms with E-state index < -0.39 is 0 Å². The summed E-state index contributed by atoms with van der Waals surface area (Å²) in [7, 11) is 0. The van der Waals surface area contributed by atoms with Crippen LogP contribution in [0.4, 0.5) is 4.39 Å². The van der Waals surface area contributed by atoms with Crippen LogP contribution in [0.3, 0.4) is 0 Å². The van der Waals surface area contributed by atoms with Gasteiger partial charge in [0.15, 0.2) is 5.17 Å². The van der Waals surface area contributed by atoms with Crippen molar-refractivity contribution in [2.75, 3.05) is 6.54 Å². The standard InChI is InChI=1S/C21H20FN3OS/c1-3-13-25-20(26)19(14-16-7-5-4-6-8-16)27-21(25)24-23-15(2)17-9-11-18(22)12-10-17/h3-12,19H,1,13-14H2,2H3/b23-15-,24-21-/t19-/m1/s1. The number of halogens is 1. The average molecular weight is 381 g/mol. The molecule has 0 bridgehead atoms. The summed E-state index contributed by atoms with van der Waals surface area (Å²) in [4.78, 5) is 14.4. The van der Waals surface area contributed by atoms with E-state index in [2.05, 4.69) is 16.8 Å². The molecule has 1 amide bonds. The first-order valence-corrected chi connectivity index (χ1v) is 9.47. The number of carbonyl (C=O) groups excluding carboxylic acids is 1. The molecule has 0 radical (unpaired) electrons. The minimum absolute atomic E-state index is 0.0112. The van der Waals surface area contributed by atoms with Crippen LogP contribution in [0.1, 0.15) is 18.1 Å². The Morgan fingerprint density at radius 2 is 1.93 bits per heavy atom. The number of hydrogen-bond acceptors (Lipinski definition) is 4. The highest BCUT2D eigenvalue weighted by molar-refractivity contribution is 8.15. The molecule has 138 valence electrons. The molecule has 0 aromatic heterocycles. The third-order valence-electron chi connectivity index (χ3n) is 4.14. The molecule has 0 aliphatic carbocycles. The van der Waals surface area contributed by atoms with Gasteiger partial charge in [0.1, 0.15) is 5.82 Å². The van der Waals surface area contributed by atoms with E-state index in [-0.39, 0.29) is 17.0 Å². The molecular formula is C21H20FN3OS. The Hall–Kier alpha value is -2.73. The Morgan fingerprint density at radius 3 is 2.59 bits per heavy atom. The number of hydrogen-bond donors (Lipinski definition) is 0. The molecule has 1 atom stereocenters. The van der Waals surface area contributed by atoms with Crippen LogP contribution in [-0.2, 0) is 11.2 Å². The monoisotopic (exact) mass is 381 g/mol. The number of carbonyl (C=O) groups is 1. The Labute approximate surface area is 162 Å². The molecule has 0 saturated carbocycles.